The molecule has 1 aromatic carbocycles. The highest BCUT2D eigenvalue weighted by atomic mass is 127. The van der Waals surface area contributed by atoms with E-state index in [0.717, 1.165) is 38.6 Å². The van der Waals surface area contributed by atoms with Crippen LogP contribution in [0.15, 0.2) is 35.3 Å². The Kier molecular flexibility index (Phi) is 11.0. The molecule has 2 rings (SSSR count). The highest BCUT2D eigenvalue weighted by molar-refractivity contribution is 14.0. The Morgan fingerprint density at radius 1 is 1.25 bits per heavy atom. The monoisotopic (exact) mass is 447 g/mol. The van der Waals surface area contributed by atoms with Crippen LogP contribution in [0.2, 0.25) is 0 Å². The lowest BCUT2D eigenvalue weighted by Crippen LogP contribution is -2.40. The molecule has 1 aliphatic rings. The van der Waals surface area contributed by atoms with Crippen molar-refractivity contribution in [2.24, 2.45) is 4.99 Å². The molecule has 6 heteroatoms. The van der Waals surface area contributed by atoms with E-state index in [1.165, 1.54) is 12.0 Å². The van der Waals surface area contributed by atoms with Crippen molar-refractivity contribution in [3.8, 4) is 0 Å². The summed E-state index contributed by atoms with van der Waals surface area (Å²) in [6, 6.07) is 10.8. The lowest BCUT2D eigenvalue weighted by Gasteiger charge is -2.21. The summed E-state index contributed by atoms with van der Waals surface area (Å²) in [6.45, 7) is 5.05. The third-order valence-electron chi connectivity index (χ3n) is 4.15. The third kappa shape index (κ3) is 6.94. The average molecular weight is 447 g/mol. The number of ether oxygens (including phenoxy) is 2. The van der Waals surface area contributed by atoms with Crippen LogP contribution in [0.4, 0.5) is 0 Å². The van der Waals surface area contributed by atoms with E-state index >= 15 is 0 Å². The van der Waals surface area contributed by atoms with E-state index in [9.17, 15) is 0 Å². The second kappa shape index (κ2) is 12.5. The Labute approximate surface area is 162 Å². The molecule has 1 saturated heterocycles. The maximum absolute atomic E-state index is 5.47. The van der Waals surface area contributed by atoms with Crippen molar-refractivity contribution in [2.45, 2.75) is 18.8 Å². The standard InChI is InChI=1S/C18H29N3O2.HI/c1-19-18(20-10-6-12-23-14-13-22-2)21-11-9-17(15-21)16-7-4-3-5-8-16;/h3-5,7-8,17H,6,9-15H2,1-2H3,(H,19,20);1H. The summed E-state index contributed by atoms with van der Waals surface area (Å²) in [5, 5.41) is 3.44. The van der Waals surface area contributed by atoms with Crippen molar-refractivity contribution < 1.29 is 9.47 Å². The molecule has 136 valence electrons. The van der Waals surface area contributed by atoms with Gasteiger partial charge in [0.15, 0.2) is 5.96 Å². The van der Waals surface area contributed by atoms with Gasteiger partial charge in [0, 0.05) is 46.3 Å². The number of aliphatic imine (C=N–C) groups is 1. The summed E-state index contributed by atoms with van der Waals surface area (Å²) in [4.78, 5) is 6.77. The molecule has 0 saturated carbocycles. The van der Waals surface area contributed by atoms with E-state index in [2.05, 4.69) is 45.5 Å². The molecule has 5 nitrogen and oxygen atoms in total. The average Bonchev–Trinajstić information content (AvgIpc) is 3.08. The predicted octanol–water partition coefficient (Wildman–Crippen LogP) is 2.72. The number of likely N-dealkylation sites (tertiary alicyclic amines) is 1. The molecule has 0 amide bonds. The number of hydrogen-bond acceptors (Lipinski definition) is 3. The van der Waals surface area contributed by atoms with Crippen molar-refractivity contribution in [1.82, 2.24) is 10.2 Å². The number of nitrogens with zero attached hydrogens (tertiary/aromatic N) is 2. The summed E-state index contributed by atoms with van der Waals surface area (Å²) in [5.41, 5.74) is 1.43. The topological polar surface area (TPSA) is 46.1 Å². The van der Waals surface area contributed by atoms with Crippen LogP contribution in [-0.4, -0.2) is 64.5 Å². The lowest BCUT2D eigenvalue weighted by molar-refractivity contribution is 0.0698. The third-order valence-corrected chi connectivity index (χ3v) is 4.15. The molecule has 1 aromatic rings. The molecule has 1 unspecified atom stereocenters. The number of rotatable bonds is 8. The second-order valence-corrected chi connectivity index (χ2v) is 5.78. The van der Waals surface area contributed by atoms with E-state index in [4.69, 9.17) is 9.47 Å². The van der Waals surface area contributed by atoms with Crippen LogP contribution in [0.5, 0.6) is 0 Å². The van der Waals surface area contributed by atoms with Gasteiger partial charge in [-0.25, -0.2) is 0 Å². The minimum Gasteiger partial charge on any atom is -0.382 e. The SMILES string of the molecule is CN=C(NCCCOCCOC)N1CCC(c2ccccc2)C1.I. The smallest absolute Gasteiger partial charge is 0.193 e. The number of methoxy groups -OCH3 is 1. The van der Waals surface area contributed by atoms with Gasteiger partial charge in [0.2, 0.25) is 0 Å². The van der Waals surface area contributed by atoms with Crippen molar-refractivity contribution in [3.05, 3.63) is 35.9 Å². The van der Waals surface area contributed by atoms with Crippen LogP contribution >= 0.6 is 24.0 Å². The van der Waals surface area contributed by atoms with E-state index in [1.807, 2.05) is 7.05 Å². The fraction of sp³-hybridized carbons (Fsp3) is 0.611. The van der Waals surface area contributed by atoms with Gasteiger partial charge in [0.25, 0.3) is 0 Å². The van der Waals surface area contributed by atoms with Gasteiger partial charge in [0.1, 0.15) is 0 Å². The van der Waals surface area contributed by atoms with Gasteiger partial charge >= 0.3 is 0 Å². The first-order chi connectivity index (χ1) is 11.3. The van der Waals surface area contributed by atoms with E-state index in [1.54, 1.807) is 7.11 Å². The Balaban J connectivity index is 0.00000288. The Morgan fingerprint density at radius 3 is 2.75 bits per heavy atom. The van der Waals surface area contributed by atoms with Gasteiger partial charge in [-0.1, -0.05) is 30.3 Å². The van der Waals surface area contributed by atoms with Crippen molar-refractivity contribution in [1.29, 1.82) is 0 Å². The number of halogens is 1. The number of guanidine groups is 1. The van der Waals surface area contributed by atoms with Crippen LogP contribution in [0.25, 0.3) is 0 Å². The zero-order chi connectivity index (χ0) is 16.3. The van der Waals surface area contributed by atoms with Gasteiger partial charge in [-0.2, -0.15) is 0 Å². The second-order valence-electron chi connectivity index (χ2n) is 5.78. The largest absolute Gasteiger partial charge is 0.382 e. The van der Waals surface area contributed by atoms with Gasteiger partial charge in [-0.15, -0.1) is 24.0 Å². The molecule has 0 aliphatic carbocycles. The lowest BCUT2D eigenvalue weighted by atomic mass is 9.99. The van der Waals surface area contributed by atoms with Gasteiger partial charge in [0.05, 0.1) is 13.2 Å². The molecule has 1 heterocycles. The Hall–Kier alpha value is -0.860. The minimum atomic E-state index is 0. The zero-order valence-electron chi connectivity index (χ0n) is 14.7. The van der Waals surface area contributed by atoms with Crippen molar-refractivity contribution in [3.63, 3.8) is 0 Å². The van der Waals surface area contributed by atoms with Crippen LogP contribution in [-0.2, 0) is 9.47 Å². The molecule has 24 heavy (non-hydrogen) atoms. The van der Waals surface area contributed by atoms with Crippen LogP contribution < -0.4 is 5.32 Å². The quantitative estimate of drug-likeness (QED) is 0.288. The molecule has 1 fully saturated rings. The minimum absolute atomic E-state index is 0. The van der Waals surface area contributed by atoms with Crippen LogP contribution in [0.3, 0.4) is 0 Å². The van der Waals surface area contributed by atoms with Crippen molar-refractivity contribution in [2.75, 3.05) is 53.6 Å². The summed E-state index contributed by atoms with van der Waals surface area (Å²) in [7, 11) is 3.54. The summed E-state index contributed by atoms with van der Waals surface area (Å²) < 4.78 is 10.4. The number of nitrogens with one attached hydrogen (secondary N) is 1. The highest BCUT2D eigenvalue weighted by Gasteiger charge is 2.25. The summed E-state index contributed by atoms with van der Waals surface area (Å²) in [6.07, 6.45) is 2.16. The van der Waals surface area contributed by atoms with Crippen LogP contribution in [0, 0.1) is 0 Å². The fourth-order valence-electron chi connectivity index (χ4n) is 2.90. The van der Waals surface area contributed by atoms with E-state index in [0.29, 0.717) is 19.1 Å². The molecule has 0 aromatic heterocycles. The molecule has 0 radical (unpaired) electrons. The molecule has 1 aliphatic heterocycles. The predicted molar refractivity (Wildman–Crippen MR) is 109 cm³/mol. The number of benzene rings is 1. The van der Waals surface area contributed by atoms with E-state index in [-0.39, 0.29) is 24.0 Å². The summed E-state index contributed by atoms with van der Waals surface area (Å²) in [5.74, 6) is 1.60. The number of hydrogen-bond donors (Lipinski definition) is 1. The maximum Gasteiger partial charge on any atom is 0.193 e. The van der Waals surface area contributed by atoms with Gasteiger partial charge < -0.3 is 19.7 Å². The molecule has 0 bridgehead atoms. The van der Waals surface area contributed by atoms with E-state index < -0.39 is 0 Å². The van der Waals surface area contributed by atoms with Gasteiger partial charge in [-0.05, 0) is 18.4 Å². The molecular formula is C18H30IN3O2. The van der Waals surface area contributed by atoms with Crippen LogP contribution in [0.1, 0.15) is 24.3 Å². The first kappa shape index (κ1) is 21.2. The Morgan fingerprint density at radius 2 is 2.04 bits per heavy atom. The molecule has 1 N–H and O–H groups in total. The zero-order valence-corrected chi connectivity index (χ0v) is 17.1. The first-order valence-electron chi connectivity index (χ1n) is 8.42. The maximum atomic E-state index is 5.47. The highest BCUT2D eigenvalue weighted by Crippen LogP contribution is 2.26. The molecule has 1 atom stereocenters. The summed E-state index contributed by atoms with van der Waals surface area (Å²) >= 11 is 0. The normalized spacial score (nSPS) is 17.7. The molecular weight excluding hydrogens is 417 g/mol. The fourth-order valence-corrected chi connectivity index (χ4v) is 2.90. The van der Waals surface area contributed by atoms with Gasteiger partial charge in [-0.3, -0.25) is 4.99 Å². The first-order valence-corrected chi connectivity index (χ1v) is 8.42. The Bertz CT molecular complexity index is 471. The van der Waals surface area contributed by atoms with Crippen molar-refractivity contribution >= 4 is 29.9 Å². The molecule has 0 spiro atoms.